The number of aliphatic imine (C=N–C) groups is 1. The molecule has 0 amide bonds. The summed E-state index contributed by atoms with van der Waals surface area (Å²) in [5.74, 6) is 0.674. The van der Waals surface area contributed by atoms with E-state index in [1.54, 1.807) is 0 Å². The molecule has 3 aromatic rings. The molecular formula is C22H23N5O. The number of hydrogen-bond acceptors (Lipinski definition) is 5. The Labute approximate surface area is 163 Å². The van der Waals surface area contributed by atoms with Gasteiger partial charge in [0.05, 0.1) is 28.2 Å². The molecule has 0 unspecified atom stereocenters. The third-order valence-electron chi connectivity index (χ3n) is 5.59. The summed E-state index contributed by atoms with van der Waals surface area (Å²) in [4.78, 5) is 32.0. The van der Waals surface area contributed by atoms with Gasteiger partial charge in [-0.1, -0.05) is 24.3 Å². The maximum absolute atomic E-state index is 12.7. The van der Waals surface area contributed by atoms with Gasteiger partial charge in [-0.25, -0.2) is 4.98 Å². The molecule has 0 atom stereocenters. The number of benzene rings is 1. The van der Waals surface area contributed by atoms with Gasteiger partial charge < -0.3 is 4.98 Å². The lowest BCUT2D eigenvalue weighted by Crippen LogP contribution is -2.36. The number of rotatable bonds is 3. The van der Waals surface area contributed by atoms with Gasteiger partial charge in [0, 0.05) is 38.0 Å². The predicted octanol–water partition coefficient (Wildman–Crippen LogP) is 2.85. The van der Waals surface area contributed by atoms with Gasteiger partial charge in [-0.2, -0.15) is 0 Å². The van der Waals surface area contributed by atoms with Crippen molar-refractivity contribution in [1.82, 2.24) is 19.9 Å². The fourth-order valence-electron chi connectivity index (χ4n) is 4.07. The number of fused-ring (bicyclic) bond motifs is 2. The highest BCUT2D eigenvalue weighted by atomic mass is 16.1. The van der Waals surface area contributed by atoms with E-state index in [0.717, 1.165) is 78.9 Å². The van der Waals surface area contributed by atoms with Gasteiger partial charge in [0.1, 0.15) is 0 Å². The zero-order valence-electron chi connectivity index (χ0n) is 15.8. The van der Waals surface area contributed by atoms with Crippen molar-refractivity contribution in [2.45, 2.75) is 38.8 Å². The molecule has 0 fully saturated rings. The molecule has 142 valence electrons. The number of hydrogen-bond donors (Lipinski definition) is 1. The molecule has 5 rings (SSSR count). The smallest absolute Gasteiger partial charge is 0.255 e. The SMILES string of the molecule is O=c1[nH]c(C2=NCCCC2)nc2c1CN(Cc1ccc3ccccc3n1)CC2. The van der Waals surface area contributed by atoms with E-state index in [0.29, 0.717) is 12.4 Å². The third kappa shape index (κ3) is 3.36. The van der Waals surface area contributed by atoms with E-state index in [1.165, 1.54) is 0 Å². The monoisotopic (exact) mass is 373 g/mol. The van der Waals surface area contributed by atoms with Crippen LogP contribution >= 0.6 is 0 Å². The molecule has 0 saturated heterocycles. The quantitative estimate of drug-likeness (QED) is 0.766. The largest absolute Gasteiger partial charge is 0.305 e. The second kappa shape index (κ2) is 7.28. The first-order valence-corrected chi connectivity index (χ1v) is 9.99. The van der Waals surface area contributed by atoms with Gasteiger partial charge >= 0.3 is 0 Å². The number of para-hydroxylation sites is 1. The van der Waals surface area contributed by atoms with Crippen LogP contribution in [0.1, 0.15) is 42.0 Å². The number of H-pyrrole nitrogens is 1. The number of pyridine rings is 1. The molecule has 2 aliphatic heterocycles. The molecule has 4 heterocycles. The van der Waals surface area contributed by atoms with Crippen molar-refractivity contribution in [3.63, 3.8) is 0 Å². The van der Waals surface area contributed by atoms with Gasteiger partial charge in [0.25, 0.3) is 5.56 Å². The summed E-state index contributed by atoms with van der Waals surface area (Å²) in [6.07, 6.45) is 3.93. The topological polar surface area (TPSA) is 74.2 Å². The summed E-state index contributed by atoms with van der Waals surface area (Å²) in [5, 5.41) is 1.15. The molecule has 2 aliphatic rings. The van der Waals surface area contributed by atoms with Crippen LogP contribution in [0.3, 0.4) is 0 Å². The van der Waals surface area contributed by atoms with E-state index in [9.17, 15) is 4.79 Å². The summed E-state index contributed by atoms with van der Waals surface area (Å²) in [7, 11) is 0. The van der Waals surface area contributed by atoms with Gasteiger partial charge in [-0.05, 0) is 31.4 Å². The Morgan fingerprint density at radius 2 is 1.96 bits per heavy atom. The Balaban J connectivity index is 1.37. The minimum atomic E-state index is -0.0237. The summed E-state index contributed by atoms with van der Waals surface area (Å²) in [6, 6.07) is 12.3. The standard InChI is InChI=1S/C22H23N5O/c28-22-17-14-27(13-16-9-8-15-5-1-2-6-18(15)24-16)12-10-19(17)25-21(26-22)20-7-3-4-11-23-20/h1-2,5-6,8-9H,3-4,7,10-14H2,(H,25,26,28). The minimum absolute atomic E-state index is 0.0237. The molecule has 0 bridgehead atoms. The van der Waals surface area contributed by atoms with E-state index in [-0.39, 0.29) is 5.56 Å². The molecule has 6 nitrogen and oxygen atoms in total. The lowest BCUT2D eigenvalue weighted by atomic mass is 10.0. The molecule has 1 N–H and O–H groups in total. The van der Waals surface area contributed by atoms with Crippen molar-refractivity contribution in [3.8, 4) is 0 Å². The first-order valence-electron chi connectivity index (χ1n) is 9.99. The Kier molecular flexibility index (Phi) is 4.49. The maximum atomic E-state index is 12.7. The average Bonchev–Trinajstić information content (AvgIpc) is 2.74. The number of aromatic amines is 1. The third-order valence-corrected chi connectivity index (χ3v) is 5.59. The summed E-state index contributed by atoms with van der Waals surface area (Å²) >= 11 is 0. The van der Waals surface area contributed by atoms with Gasteiger partial charge in [0.2, 0.25) is 0 Å². The van der Waals surface area contributed by atoms with Crippen LogP contribution in [0, 0.1) is 0 Å². The van der Waals surface area contributed by atoms with Crippen molar-refractivity contribution < 1.29 is 0 Å². The van der Waals surface area contributed by atoms with Crippen LogP contribution in [-0.4, -0.2) is 38.7 Å². The van der Waals surface area contributed by atoms with Crippen LogP contribution in [0.5, 0.6) is 0 Å². The zero-order valence-corrected chi connectivity index (χ0v) is 15.8. The van der Waals surface area contributed by atoms with Crippen LogP contribution in [0.4, 0.5) is 0 Å². The summed E-state index contributed by atoms with van der Waals surface area (Å²) in [5.41, 5.74) is 4.68. The first kappa shape index (κ1) is 17.3. The van der Waals surface area contributed by atoms with E-state index >= 15 is 0 Å². The molecule has 1 aromatic carbocycles. The summed E-state index contributed by atoms with van der Waals surface area (Å²) < 4.78 is 0. The van der Waals surface area contributed by atoms with Crippen LogP contribution in [0.2, 0.25) is 0 Å². The molecule has 0 saturated carbocycles. The Morgan fingerprint density at radius 3 is 2.86 bits per heavy atom. The van der Waals surface area contributed by atoms with Gasteiger partial charge in [-0.15, -0.1) is 0 Å². The Hall–Kier alpha value is -2.86. The highest BCUT2D eigenvalue weighted by Crippen LogP contribution is 2.19. The van der Waals surface area contributed by atoms with E-state index in [4.69, 9.17) is 9.97 Å². The normalized spacial score (nSPS) is 17.4. The lowest BCUT2D eigenvalue weighted by Gasteiger charge is -2.27. The second-order valence-corrected chi connectivity index (χ2v) is 7.58. The molecule has 2 aromatic heterocycles. The van der Waals surface area contributed by atoms with Crippen molar-refractivity contribution >= 4 is 16.6 Å². The zero-order chi connectivity index (χ0) is 18.9. The van der Waals surface area contributed by atoms with Crippen molar-refractivity contribution in [2.75, 3.05) is 13.1 Å². The second-order valence-electron chi connectivity index (χ2n) is 7.58. The Bertz CT molecular complexity index is 1120. The van der Waals surface area contributed by atoms with Crippen LogP contribution in [-0.2, 0) is 19.5 Å². The molecular weight excluding hydrogens is 350 g/mol. The fourth-order valence-corrected chi connectivity index (χ4v) is 4.07. The van der Waals surface area contributed by atoms with Crippen LogP contribution < -0.4 is 5.56 Å². The highest BCUT2D eigenvalue weighted by Gasteiger charge is 2.23. The number of nitrogens with one attached hydrogen (secondary N) is 1. The summed E-state index contributed by atoms with van der Waals surface area (Å²) in [6.45, 7) is 3.06. The van der Waals surface area contributed by atoms with Crippen molar-refractivity contribution in [2.24, 2.45) is 4.99 Å². The van der Waals surface area contributed by atoms with Crippen LogP contribution in [0.15, 0.2) is 46.2 Å². The lowest BCUT2D eigenvalue weighted by molar-refractivity contribution is 0.239. The maximum Gasteiger partial charge on any atom is 0.255 e. The van der Waals surface area contributed by atoms with Crippen molar-refractivity contribution in [1.29, 1.82) is 0 Å². The fraction of sp³-hybridized carbons (Fsp3) is 0.364. The first-order chi connectivity index (χ1) is 13.8. The molecule has 0 spiro atoms. The Morgan fingerprint density at radius 1 is 1.04 bits per heavy atom. The minimum Gasteiger partial charge on any atom is -0.305 e. The molecule has 0 radical (unpaired) electrons. The predicted molar refractivity (Wildman–Crippen MR) is 110 cm³/mol. The van der Waals surface area contributed by atoms with Gasteiger partial charge in [0.15, 0.2) is 5.82 Å². The van der Waals surface area contributed by atoms with E-state index in [1.807, 2.05) is 18.2 Å². The van der Waals surface area contributed by atoms with E-state index in [2.05, 4.69) is 33.1 Å². The number of nitrogens with zero attached hydrogens (tertiary/aromatic N) is 4. The highest BCUT2D eigenvalue weighted by molar-refractivity contribution is 5.97. The number of aromatic nitrogens is 3. The molecule has 0 aliphatic carbocycles. The van der Waals surface area contributed by atoms with Crippen LogP contribution in [0.25, 0.3) is 10.9 Å². The van der Waals surface area contributed by atoms with Gasteiger partial charge in [-0.3, -0.25) is 19.7 Å². The molecule has 6 heteroatoms. The average molecular weight is 373 g/mol. The van der Waals surface area contributed by atoms with E-state index < -0.39 is 0 Å². The molecule has 28 heavy (non-hydrogen) atoms. The van der Waals surface area contributed by atoms with Crippen molar-refractivity contribution in [3.05, 3.63) is 69.5 Å².